The van der Waals surface area contributed by atoms with Gasteiger partial charge in [-0.3, -0.25) is 9.62 Å². The molecule has 0 saturated carbocycles. The molecule has 1 saturated heterocycles. The van der Waals surface area contributed by atoms with E-state index in [-0.39, 0.29) is 47.0 Å². The molecule has 4 rings (SSSR count). The topological polar surface area (TPSA) is 171 Å². The lowest BCUT2D eigenvalue weighted by atomic mass is 9.68. The summed E-state index contributed by atoms with van der Waals surface area (Å²) in [5, 5.41) is 47.7. The first-order chi connectivity index (χ1) is 23.8. The number of aromatic hydroxyl groups is 2. The van der Waals surface area contributed by atoms with E-state index in [2.05, 4.69) is 15.4 Å². The number of nitrogens with zero attached hydrogens (tertiary/aromatic N) is 1. The lowest BCUT2D eigenvalue weighted by Gasteiger charge is -2.45. The van der Waals surface area contributed by atoms with Gasteiger partial charge in [-0.25, -0.2) is 17.6 Å². The quantitative estimate of drug-likeness (QED) is 0.0652. The number of aliphatic hydroxyl groups is 1. The molecule has 7 N–H and O–H groups in total. The van der Waals surface area contributed by atoms with E-state index < -0.39 is 27.6 Å². The van der Waals surface area contributed by atoms with Gasteiger partial charge in [0, 0.05) is 30.1 Å². The Balaban J connectivity index is 1.27. The lowest BCUT2D eigenvalue weighted by Crippen LogP contribution is -2.50. The number of aliphatic hydroxyl groups excluding tert-OH is 1. The number of rotatable bonds is 18. The summed E-state index contributed by atoms with van der Waals surface area (Å²) >= 11 is 6.35. The average Bonchev–Trinajstić information content (AvgIpc) is 3.06. The fourth-order valence-electron chi connectivity index (χ4n) is 6.97. The number of sulfonamides is 1. The molecule has 1 fully saturated rings. The Kier molecular flexibility index (Phi) is 14.4. The van der Waals surface area contributed by atoms with E-state index >= 15 is 4.39 Å². The molecule has 276 valence electrons. The number of hydrogen-bond donors (Lipinski definition) is 7. The molecule has 2 aliphatic rings. The minimum absolute atomic E-state index is 0.0157. The van der Waals surface area contributed by atoms with Crippen molar-refractivity contribution in [2.75, 3.05) is 37.2 Å². The minimum atomic E-state index is -3.58. The molecule has 1 amide bonds. The Morgan fingerprint density at radius 3 is 2.34 bits per heavy atom. The van der Waals surface area contributed by atoms with Crippen LogP contribution in [0.15, 0.2) is 60.1 Å². The van der Waals surface area contributed by atoms with Gasteiger partial charge < -0.3 is 31.1 Å². The van der Waals surface area contributed by atoms with Gasteiger partial charge in [0.1, 0.15) is 17.3 Å². The first kappa shape index (κ1) is 39.4. The van der Waals surface area contributed by atoms with Gasteiger partial charge >= 0.3 is 6.09 Å². The van der Waals surface area contributed by atoms with Crippen LogP contribution in [0.5, 0.6) is 11.5 Å². The molecular weight excluding hydrogens is 687 g/mol. The number of benzene rings is 2. The van der Waals surface area contributed by atoms with Crippen molar-refractivity contribution >= 4 is 33.4 Å². The summed E-state index contributed by atoms with van der Waals surface area (Å²) in [5.74, 6) is -0.634. The Morgan fingerprint density at radius 2 is 1.68 bits per heavy atom. The third-order valence-electron chi connectivity index (χ3n) is 9.52. The normalized spacial score (nSPS) is 19.0. The van der Waals surface area contributed by atoms with E-state index in [0.717, 1.165) is 51.2 Å². The molecule has 0 radical (unpaired) electrons. The van der Waals surface area contributed by atoms with Gasteiger partial charge in [-0.05, 0) is 92.9 Å². The lowest BCUT2D eigenvalue weighted by molar-refractivity contribution is 0.118. The summed E-state index contributed by atoms with van der Waals surface area (Å²) in [6.07, 6.45) is 10.4. The van der Waals surface area contributed by atoms with Crippen molar-refractivity contribution in [1.29, 1.82) is 0 Å². The number of phenols is 2. The van der Waals surface area contributed by atoms with Crippen LogP contribution in [0, 0.1) is 0 Å². The Bertz CT molecular complexity index is 1630. The molecule has 11 nitrogen and oxygen atoms in total. The molecule has 50 heavy (non-hydrogen) atoms. The fraction of sp³-hybridized carbons (Fsp3) is 0.528. The first-order valence-electron chi connectivity index (χ1n) is 17.3. The monoisotopic (exact) mass is 736 g/mol. The Morgan fingerprint density at radius 1 is 1.02 bits per heavy atom. The van der Waals surface area contributed by atoms with E-state index in [1.165, 1.54) is 29.2 Å². The highest BCUT2D eigenvalue weighted by molar-refractivity contribution is 7.92. The van der Waals surface area contributed by atoms with Crippen molar-refractivity contribution in [3.63, 3.8) is 0 Å². The number of unbranched alkanes of at least 4 members (excludes halogenated alkanes) is 6. The van der Waals surface area contributed by atoms with Crippen molar-refractivity contribution in [1.82, 2.24) is 15.5 Å². The number of amides is 1. The molecule has 0 aromatic heterocycles. The van der Waals surface area contributed by atoms with Crippen LogP contribution >= 0.6 is 11.6 Å². The summed E-state index contributed by atoms with van der Waals surface area (Å²) in [6, 6.07) is 8.92. The molecule has 0 bridgehead atoms. The number of carbonyl (C=O) groups is 1. The van der Waals surface area contributed by atoms with Crippen molar-refractivity contribution in [2.45, 2.75) is 88.2 Å². The zero-order valence-corrected chi connectivity index (χ0v) is 30.1. The van der Waals surface area contributed by atoms with E-state index in [1.54, 1.807) is 24.3 Å². The number of phenolic OH excluding ortho intramolecular Hbond substituents is 2. The van der Waals surface area contributed by atoms with Gasteiger partial charge in [0.05, 0.1) is 23.1 Å². The van der Waals surface area contributed by atoms with Crippen LogP contribution in [-0.4, -0.2) is 78.3 Å². The maximum Gasteiger partial charge on any atom is 0.411 e. The van der Waals surface area contributed by atoms with Crippen molar-refractivity contribution in [3.05, 3.63) is 76.2 Å². The summed E-state index contributed by atoms with van der Waals surface area (Å²) in [7, 11) is -3.58. The van der Waals surface area contributed by atoms with E-state index in [1.807, 2.05) is 0 Å². The van der Waals surface area contributed by atoms with Gasteiger partial charge in [0.2, 0.25) is 10.0 Å². The van der Waals surface area contributed by atoms with Crippen molar-refractivity contribution in [3.8, 4) is 11.5 Å². The Labute approximate surface area is 299 Å². The largest absolute Gasteiger partial charge is 0.506 e. The van der Waals surface area contributed by atoms with Crippen LogP contribution in [0.3, 0.4) is 0 Å². The van der Waals surface area contributed by atoms with E-state index in [0.29, 0.717) is 55.7 Å². The van der Waals surface area contributed by atoms with Crippen molar-refractivity contribution < 1.29 is 38.0 Å². The second-order valence-corrected chi connectivity index (χ2v) is 15.5. The maximum absolute atomic E-state index is 15.1. The van der Waals surface area contributed by atoms with Gasteiger partial charge in [-0.2, -0.15) is 0 Å². The zero-order chi connectivity index (χ0) is 36.3. The summed E-state index contributed by atoms with van der Waals surface area (Å²) < 4.78 is 40.4. The van der Waals surface area contributed by atoms with Crippen LogP contribution in [0.1, 0.15) is 87.9 Å². The number of halogens is 2. The molecular formula is C36H50ClFN4O7S. The SMILES string of the molecule is CS(=O)(=O)Nc1cc([C@@H](O)CNCCCCCCCCCC2(c3ccc(O)c(Cl)c3)CC(F)=CC=C2N(C(=O)O)C2CCNCC2)ccc1O. The summed E-state index contributed by atoms with van der Waals surface area (Å²) in [5.41, 5.74) is 0.774. The van der Waals surface area contributed by atoms with Crippen molar-refractivity contribution in [2.24, 2.45) is 0 Å². The smallest absolute Gasteiger partial charge is 0.411 e. The molecule has 1 aliphatic carbocycles. The molecule has 14 heteroatoms. The number of allylic oxidation sites excluding steroid dienone is 4. The van der Waals surface area contributed by atoms with Crippen LogP contribution in [0.25, 0.3) is 0 Å². The number of nitrogens with one attached hydrogen (secondary N) is 3. The predicted octanol–water partition coefficient (Wildman–Crippen LogP) is 6.68. The van der Waals surface area contributed by atoms with Gasteiger partial charge in [-0.1, -0.05) is 62.3 Å². The molecule has 1 unspecified atom stereocenters. The molecule has 1 heterocycles. The van der Waals surface area contributed by atoms with E-state index in [9.17, 15) is 33.6 Å². The van der Waals surface area contributed by atoms with Crippen LogP contribution in [0.2, 0.25) is 5.02 Å². The second-order valence-electron chi connectivity index (χ2n) is 13.3. The fourth-order valence-corrected chi connectivity index (χ4v) is 7.72. The summed E-state index contributed by atoms with van der Waals surface area (Å²) in [4.78, 5) is 14.2. The third kappa shape index (κ3) is 10.8. The first-order valence-corrected chi connectivity index (χ1v) is 19.6. The van der Waals surface area contributed by atoms with Crippen LogP contribution in [0.4, 0.5) is 14.9 Å². The second kappa shape index (κ2) is 18.2. The molecule has 2 atom stereocenters. The number of anilines is 1. The average molecular weight is 737 g/mol. The van der Waals surface area contributed by atoms with Gasteiger partial charge in [0.15, 0.2) is 0 Å². The van der Waals surface area contributed by atoms with E-state index in [4.69, 9.17) is 11.6 Å². The third-order valence-corrected chi connectivity index (χ3v) is 10.4. The van der Waals surface area contributed by atoms with Gasteiger partial charge in [-0.15, -0.1) is 0 Å². The maximum atomic E-state index is 15.1. The molecule has 2 aromatic rings. The predicted molar refractivity (Wildman–Crippen MR) is 194 cm³/mol. The van der Waals surface area contributed by atoms with Crippen LogP contribution in [-0.2, 0) is 15.4 Å². The van der Waals surface area contributed by atoms with Crippen LogP contribution < -0.4 is 15.4 Å². The molecule has 2 aromatic carbocycles. The zero-order valence-electron chi connectivity index (χ0n) is 28.5. The standard InChI is InChI=1S/C36H50ClFN4O7S/c1-50(48,49)41-30-21-25(9-12-32(30)44)33(45)24-40-18-8-6-4-2-3-5-7-17-36(26-10-13-31(43)29(37)22-26)23-27(38)11-14-34(36)42(35(46)47)28-15-19-39-20-16-28/h9-14,21-22,28,33,39-41,43-45H,2-8,15-20,23-24H2,1H3,(H,46,47)/t33-,36?/m0/s1. The summed E-state index contributed by atoms with van der Waals surface area (Å²) in [6.45, 7) is 2.39. The highest BCUT2D eigenvalue weighted by Crippen LogP contribution is 2.49. The Hall–Kier alpha value is -3.36. The van der Waals surface area contributed by atoms with Gasteiger partial charge in [0.25, 0.3) is 0 Å². The number of hydrogen-bond acceptors (Lipinski definition) is 8. The highest BCUT2D eigenvalue weighted by atomic mass is 35.5. The molecule has 1 aliphatic heterocycles. The molecule has 0 spiro atoms. The minimum Gasteiger partial charge on any atom is -0.506 e. The number of carboxylic acid groups (broad SMARTS) is 1. The highest BCUT2D eigenvalue weighted by Gasteiger charge is 2.45. The number of piperidine rings is 1.